The SMILES string of the molecule is CC(C)C[C@H](O)[C@@H](O)[C@@H](C)[C@H]1CC[C@H]2[C@@H]3CC(=O)[C@H]4C[C@H](O)[C@H](O)C[C@]4(C)[C@H]3CC[C@]12C. The van der Waals surface area contributed by atoms with Crippen LogP contribution >= 0.6 is 0 Å². The summed E-state index contributed by atoms with van der Waals surface area (Å²) in [6.45, 7) is 10.8. The second kappa shape index (κ2) is 8.62. The van der Waals surface area contributed by atoms with Crippen molar-refractivity contribution in [1.29, 1.82) is 0 Å². The molecular formula is C27H46O5. The smallest absolute Gasteiger partial charge is 0.136 e. The van der Waals surface area contributed by atoms with Gasteiger partial charge in [-0.2, -0.15) is 0 Å². The quantitative estimate of drug-likeness (QED) is 0.513. The Kier molecular flexibility index (Phi) is 6.64. The standard InChI is InChI=1S/C27H46O5/c1-14(2)10-23(30)25(32)15(3)17-6-7-18-16-11-21(28)20-12-22(29)24(31)13-27(20,5)19(16)8-9-26(17,18)4/h14-20,22-25,29-32H,6-13H2,1-5H3/t15-,16-,17+,18-,19-,20+,22-,23-,24+,25-,26+,27+/m0/s1. The van der Waals surface area contributed by atoms with Gasteiger partial charge in [-0.05, 0) is 91.3 Å². The zero-order valence-corrected chi connectivity index (χ0v) is 20.7. The van der Waals surface area contributed by atoms with Crippen LogP contribution in [-0.2, 0) is 4.79 Å². The van der Waals surface area contributed by atoms with E-state index in [-0.39, 0.29) is 28.4 Å². The summed E-state index contributed by atoms with van der Waals surface area (Å²) < 4.78 is 0. The fraction of sp³-hybridized carbons (Fsp3) is 0.963. The van der Waals surface area contributed by atoms with E-state index in [2.05, 4.69) is 34.6 Å². The van der Waals surface area contributed by atoms with Crippen molar-refractivity contribution < 1.29 is 25.2 Å². The Bertz CT molecular complexity index is 708. The van der Waals surface area contributed by atoms with Gasteiger partial charge in [0, 0.05) is 12.3 Å². The number of aliphatic hydroxyl groups is 4. The molecule has 0 aromatic carbocycles. The highest BCUT2D eigenvalue weighted by Crippen LogP contribution is 2.67. The molecule has 4 fully saturated rings. The van der Waals surface area contributed by atoms with Crippen LogP contribution < -0.4 is 0 Å². The Labute approximate surface area is 194 Å². The topological polar surface area (TPSA) is 98.0 Å². The van der Waals surface area contributed by atoms with E-state index in [0.29, 0.717) is 55.3 Å². The van der Waals surface area contributed by atoms with E-state index in [9.17, 15) is 25.2 Å². The van der Waals surface area contributed by atoms with Gasteiger partial charge >= 0.3 is 0 Å². The summed E-state index contributed by atoms with van der Waals surface area (Å²) in [6, 6.07) is 0. The van der Waals surface area contributed by atoms with Crippen molar-refractivity contribution in [1.82, 2.24) is 0 Å². The molecule has 0 spiro atoms. The monoisotopic (exact) mass is 450 g/mol. The maximum atomic E-state index is 13.3. The normalized spacial score (nSPS) is 49.2. The van der Waals surface area contributed by atoms with Gasteiger partial charge in [-0.15, -0.1) is 0 Å². The third kappa shape index (κ3) is 3.79. The van der Waals surface area contributed by atoms with E-state index in [4.69, 9.17) is 0 Å². The molecule has 0 aromatic rings. The zero-order valence-electron chi connectivity index (χ0n) is 20.7. The summed E-state index contributed by atoms with van der Waals surface area (Å²) in [5.41, 5.74) is -0.147. The summed E-state index contributed by atoms with van der Waals surface area (Å²) in [5.74, 6) is 2.09. The third-order valence-corrected chi connectivity index (χ3v) is 10.8. The molecule has 4 saturated carbocycles. The van der Waals surface area contributed by atoms with Crippen LogP contribution in [0.25, 0.3) is 0 Å². The molecule has 4 rings (SSSR count). The van der Waals surface area contributed by atoms with Crippen LogP contribution in [0.15, 0.2) is 0 Å². The van der Waals surface area contributed by atoms with Gasteiger partial charge in [-0.3, -0.25) is 4.79 Å². The number of carbonyl (C=O) groups excluding carboxylic acids is 1. The minimum atomic E-state index is -0.780. The lowest BCUT2D eigenvalue weighted by atomic mass is 9.44. The van der Waals surface area contributed by atoms with Crippen molar-refractivity contribution in [2.24, 2.45) is 52.3 Å². The maximum absolute atomic E-state index is 13.3. The van der Waals surface area contributed by atoms with E-state index < -0.39 is 24.4 Å². The van der Waals surface area contributed by atoms with Crippen molar-refractivity contribution in [2.45, 2.75) is 110 Å². The summed E-state index contributed by atoms with van der Waals surface area (Å²) in [7, 11) is 0. The Balaban J connectivity index is 1.55. The third-order valence-electron chi connectivity index (χ3n) is 10.8. The van der Waals surface area contributed by atoms with Crippen LogP contribution in [0, 0.1) is 52.3 Å². The van der Waals surface area contributed by atoms with Crippen molar-refractivity contribution in [3.8, 4) is 0 Å². The van der Waals surface area contributed by atoms with Gasteiger partial charge in [0.25, 0.3) is 0 Å². The minimum Gasteiger partial charge on any atom is -0.390 e. The highest BCUT2D eigenvalue weighted by atomic mass is 16.3. The lowest BCUT2D eigenvalue weighted by Gasteiger charge is -2.61. The number of fused-ring (bicyclic) bond motifs is 5. The van der Waals surface area contributed by atoms with E-state index in [1.165, 1.54) is 0 Å². The summed E-state index contributed by atoms with van der Waals surface area (Å²) in [6.07, 6.45) is 3.50. The summed E-state index contributed by atoms with van der Waals surface area (Å²) in [5, 5.41) is 42.3. The molecule has 5 nitrogen and oxygen atoms in total. The van der Waals surface area contributed by atoms with Crippen molar-refractivity contribution in [2.75, 3.05) is 0 Å². The van der Waals surface area contributed by atoms with Gasteiger partial charge in [-0.25, -0.2) is 0 Å². The number of Topliss-reactive ketones (excluding diaryl/α,β-unsaturated/α-hetero) is 1. The first kappa shape index (κ1) is 24.6. The van der Waals surface area contributed by atoms with Gasteiger partial charge in [0.1, 0.15) is 5.78 Å². The molecule has 4 aliphatic carbocycles. The molecule has 0 heterocycles. The van der Waals surface area contributed by atoms with Crippen molar-refractivity contribution >= 4 is 5.78 Å². The van der Waals surface area contributed by atoms with Gasteiger partial charge < -0.3 is 20.4 Å². The zero-order chi connectivity index (χ0) is 23.6. The number of aliphatic hydroxyl groups excluding tert-OH is 4. The number of hydrogen-bond donors (Lipinski definition) is 4. The van der Waals surface area contributed by atoms with E-state index in [1.54, 1.807) is 0 Å². The Morgan fingerprint density at radius 3 is 2.28 bits per heavy atom. The first-order valence-electron chi connectivity index (χ1n) is 13.1. The Hall–Kier alpha value is -0.490. The largest absolute Gasteiger partial charge is 0.390 e. The molecular weight excluding hydrogens is 404 g/mol. The highest BCUT2D eigenvalue weighted by Gasteiger charge is 2.63. The number of hydrogen-bond acceptors (Lipinski definition) is 5. The average molecular weight is 451 g/mol. The minimum absolute atomic E-state index is 0.0320. The molecule has 4 aliphatic rings. The predicted octanol–water partition coefficient (Wildman–Crippen LogP) is 3.56. The molecule has 0 aliphatic heterocycles. The number of ketones is 1. The molecule has 32 heavy (non-hydrogen) atoms. The molecule has 0 radical (unpaired) electrons. The highest BCUT2D eigenvalue weighted by molar-refractivity contribution is 5.83. The summed E-state index contributed by atoms with van der Waals surface area (Å²) >= 11 is 0. The Morgan fingerprint density at radius 1 is 0.969 bits per heavy atom. The van der Waals surface area contributed by atoms with Crippen LogP contribution in [0.5, 0.6) is 0 Å². The van der Waals surface area contributed by atoms with Crippen LogP contribution in [0.4, 0.5) is 0 Å². The fourth-order valence-electron chi connectivity index (χ4n) is 9.19. The molecule has 0 saturated heterocycles. The van der Waals surface area contributed by atoms with Gasteiger partial charge in [0.2, 0.25) is 0 Å². The number of rotatable bonds is 5. The first-order chi connectivity index (χ1) is 14.9. The molecule has 12 atom stereocenters. The van der Waals surface area contributed by atoms with Crippen LogP contribution in [0.2, 0.25) is 0 Å². The summed E-state index contributed by atoms with van der Waals surface area (Å²) in [4.78, 5) is 13.3. The van der Waals surface area contributed by atoms with Crippen LogP contribution in [0.3, 0.4) is 0 Å². The molecule has 0 unspecified atom stereocenters. The van der Waals surface area contributed by atoms with Gasteiger partial charge in [0.15, 0.2) is 0 Å². The van der Waals surface area contributed by atoms with Gasteiger partial charge in [-0.1, -0.05) is 34.6 Å². The lowest BCUT2D eigenvalue weighted by molar-refractivity contribution is -0.174. The van der Waals surface area contributed by atoms with Crippen molar-refractivity contribution in [3.63, 3.8) is 0 Å². The molecule has 0 bridgehead atoms. The van der Waals surface area contributed by atoms with Crippen LogP contribution in [-0.4, -0.2) is 50.6 Å². The second-order valence-corrected chi connectivity index (χ2v) is 13.0. The van der Waals surface area contributed by atoms with Crippen LogP contribution in [0.1, 0.15) is 86.0 Å². The maximum Gasteiger partial charge on any atom is 0.136 e. The molecule has 0 aromatic heterocycles. The Morgan fingerprint density at radius 2 is 1.62 bits per heavy atom. The van der Waals surface area contributed by atoms with E-state index >= 15 is 0 Å². The molecule has 184 valence electrons. The van der Waals surface area contributed by atoms with E-state index in [1.807, 2.05) is 0 Å². The molecule has 0 amide bonds. The lowest BCUT2D eigenvalue weighted by Crippen LogP contribution is -2.59. The van der Waals surface area contributed by atoms with Crippen molar-refractivity contribution in [3.05, 3.63) is 0 Å². The van der Waals surface area contributed by atoms with Gasteiger partial charge in [0.05, 0.1) is 24.4 Å². The molecule has 5 heteroatoms. The number of carbonyl (C=O) groups is 1. The molecule has 4 N–H and O–H groups in total. The average Bonchev–Trinajstić information content (AvgIpc) is 3.06. The van der Waals surface area contributed by atoms with E-state index in [0.717, 1.165) is 25.7 Å². The first-order valence-corrected chi connectivity index (χ1v) is 13.1. The fourth-order valence-corrected chi connectivity index (χ4v) is 9.19. The predicted molar refractivity (Wildman–Crippen MR) is 124 cm³/mol. The second-order valence-electron chi connectivity index (χ2n) is 13.0.